The van der Waals surface area contributed by atoms with Gasteiger partial charge in [0.2, 0.25) is 17.6 Å². The van der Waals surface area contributed by atoms with Crippen LogP contribution in [0, 0.1) is 0 Å². The minimum Gasteiger partial charge on any atom is -0.502 e. The van der Waals surface area contributed by atoms with E-state index in [1.807, 2.05) is 14.1 Å². The molecular formula is C26H37N5O4. The van der Waals surface area contributed by atoms with Crippen molar-refractivity contribution in [2.24, 2.45) is 0 Å². The Balaban J connectivity index is 1.31. The third-order valence-electron chi connectivity index (χ3n) is 6.91. The number of nitrogens with zero attached hydrogens (tertiary/aromatic N) is 3. The molecule has 1 aromatic carbocycles. The van der Waals surface area contributed by atoms with Crippen LogP contribution in [0.5, 0.6) is 17.2 Å². The second-order valence-electron chi connectivity index (χ2n) is 9.68. The number of carbonyl (C=O) groups excluding carboxylic acids is 1. The second kappa shape index (κ2) is 11.0. The van der Waals surface area contributed by atoms with Crippen LogP contribution in [0.25, 0.3) is 0 Å². The Labute approximate surface area is 207 Å². The van der Waals surface area contributed by atoms with E-state index in [-0.39, 0.29) is 24.1 Å². The average Bonchev–Trinajstić information content (AvgIpc) is 2.85. The van der Waals surface area contributed by atoms with Gasteiger partial charge >= 0.3 is 0 Å². The number of aromatic nitrogens is 2. The lowest BCUT2D eigenvalue weighted by Gasteiger charge is -2.30. The first kappa shape index (κ1) is 24.9. The fourth-order valence-electron chi connectivity index (χ4n) is 5.09. The lowest BCUT2D eigenvalue weighted by atomic mass is 9.91. The van der Waals surface area contributed by atoms with Crippen molar-refractivity contribution >= 4 is 17.7 Å². The highest BCUT2D eigenvalue weighted by molar-refractivity contribution is 5.79. The second-order valence-corrected chi connectivity index (χ2v) is 9.68. The maximum Gasteiger partial charge on any atom is 0.225 e. The van der Waals surface area contributed by atoms with Crippen molar-refractivity contribution in [3.63, 3.8) is 0 Å². The SMILES string of the molecule is COc1cc(CC(=O)N[C@H]2CC[C@@H](Nc3nc4c(c(N(C)C)n3)CCCC4)CC2)cc(OC)c1O. The van der Waals surface area contributed by atoms with Crippen molar-refractivity contribution in [2.45, 2.75) is 69.9 Å². The van der Waals surface area contributed by atoms with Crippen LogP contribution >= 0.6 is 0 Å². The molecule has 1 heterocycles. The van der Waals surface area contributed by atoms with E-state index >= 15 is 0 Å². The van der Waals surface area contributed by atoms with E-state index in [2.05, 4.69) is 15.5 Å². The largest absolute Gasteiger partial charge is 0.502 e. The van der Waals surface area contributed by atoms with Crippen LogP contribution in [0.15, 0.2) is 12.1 Å². The van der Waals surface area contributed by atoms with Crippen molar-refractivity contribution < 1.29 is 19.4 Å². The van der Waals surface area contributed by atoms with Gasteiger partial charge in [-0.25, -0.2) is 4.98 Å². The number of phenolic OH excluding ortho intramolecular Hbond substituents is 1. The minimum atomic E-state index is -0.0643. The van der Waals surface area contributed by atoms with Gasteiger partial charge in [0.15, 0.2) is 11.5 Å². The molecule has 0 atom stereocenters. The fraction of sp³-hybridized carbons (Fsp3) is 0.577. The van der Waals surface area contributed by atoms with E-state index in [1.165, 1.54) is 38.3 Å². The van der Waals surface area contributed by atoms with Crippen molar-refractivity contribution in [3.8, 4) is 17.2 Å². The summed E-state index contributed by atoms with van der Waals surface area (Å²) in [5, 5.41) is 16.8. The number of anilines is 2. The Kier molecular flexibility index (Phi) is 7.83. The number of carbonyl (C=O) groups is 1. The molecule has 0 aliphatic heterocycles. The highest BCUT2D eigenvalue weighted by Crippen LogP contribution is 2.37. The van der Waals surface area contributed by atoms with Gasteiger partial charge in [-0.05, 0) is 69.1 Å². The van der Waals surface area contributed by atoms with E-state index in [4.69, 9.17) is 19.4 Å². The Bertz CT molecular complexity index is 1030. The zero-order valence-corrected chi connectivity index (χ0v) is 21.2. The quantitative estimate of drug-likeness (QED) is 0.525. The molecule has 0 spiro atoms. The Morgan fingerprint density at radius 3 is 2.29 bits per heavy atom. The number of benzene rings is 1. The fourth-order valence-corrected chi connectivity index (χ4v) is 5.09. The molecule has 1 aromatic heterocycles. The first-order valence-corrected chi connectivity index (χ1v) is 12.4. The number of ether oxygens (including phenoxy) is 2. The maximum absolute atomic E-state index is 12.7. The first-order valence-electron chi connectivity index (χ1n) is 12.4. The van der Waals surface area contributed by atoms with Crippen molar-refractivity contribution in [3.05, 3.63) is 29.0 Å². The van der Waals surface area contributed by atoms with Crippen LogP contribution in [-0.2, 0) is 24.1 Å². The van der Waals surface area contributed by atoms with E-state index in [1.54, 1.807) is 12.1 Å². The Morgan fingerprint density at radius 2 is 1.66 bits per heavy atom. The summed E-state index contributed by atoms with van der Waals surface area (Å²) < 4.78 is 10.4. The number of hydrogen-bond acceptors (Lipinski definition) is 8. The lowest BCUT2D eigenvalue weighted by molar-refractivity contribution is -0.121. The number of hydrogen-bond donors (Lipinski definition) is 3. The molecule has 1 fully saturated rings. The van der Waals surface area contributed by atoms with E-state index in [0.717, 1.165) is 55.9 Å². The predicted octanol–water partition coefficient (Wildman–Crippen LogP) is 3.23. The van der Waals surface area contributed by atoms with Gasteiger partial charge in [0.05, 0.1) is 26.3 Å². The van der Waals surface area contributed by atoms with Gasteiger partial charge in [-0.1, -0.05) is 0 Å². The van der Waals surface area contributed by atoms with Gasteiger partial charge in [-0.2, -0.15) is 4.98 Å². The molecule has 9 heteroatoms. The molecule has 4 rings (SSSR count). The smallest absolute Gasteiger partial charge is 0.225 e. The highest BCUT2D eigenvalue weighted by atomic mass is 16.5. The van der Waals surface area contributed by atoms with Gasteiger partial charge < -0.3 is 30.1 Å². The molecule has 0 bridgehead atoms. The molecule has 1 amide bonds. The van der Waals surface area contributed by atoms with E-state index < -0.39 is 0 Å². The third-order valence-corrected chi connectivity index (χ3v) is 6.91. The molecule has 0 unspecified atom stereocenters. The Hall–Kier alpha value is -3.23. The van der Waals surface area contributed by atoms with Crippen molar-refractivity contribution in [1.82, 2.24) is 15.3 Å². The maximum atomic E-state index is 12.7. The van der Waals surface area contributed by atoms with Crippen LogP contribution in [0.3, 0.4) is 0 Å². The van der Waals surface area contributed by atoms with E-state index in [9.17, 15) is 9.90 Å². The van der Waals surface area contributed by atoms with Gasteiger partial charge in [0.25, 0.3) is 0 Å². The predicted molar refractivity (Wildman–Crippen MR) is 136 cm³/mol. The summed E-state index contributed by atoms with van der Waals surface area (Å²) in [6.07, 6.45) is 8.35. The molecule has 3 N–H and O–H groups in total. The third kappa shape index (κ3) is 5.89. The summed E-state index contributed by atoms with van der Waals surface area (Å²) >= 11 is 0. The van der Waals surface area contributed by atoms with Crippen molar-refractivity contribution in [1.29, 1.82) is 0 Å². The topological polar surface area (TPSA) is 109 Å². The van der Waals surface area contributed by atoms with Gasteiger partial charge in [-0.3, -0.25) is 4.79 Å². The molecule has 0 saturated heterocycles. The summed E-state index contributed by atoms with van der Waals surface area (Å²) in [4.78, 5) is 24.4. The molecule has 190 valence electrons. The number of aryl methyl sites for hydroxylation is 1. The Morgan fingerprint density at radius 1 is 1.03 bits per heavy atom. The zero-order chi connectivity index (χ0) is 24.9. The van der Waals surface area contributed by atoms with Crippen molar-refractivity contribution in [2.75, 3.05) is 38.5 Å². The van der Waals surface area contributed by atoms with Crippen LogP contribution in [0.4, 0.5) is 11.8 Å². The van der Waals surface area contributed by atoms with Gasteiger partial charge in [0, 0.05) is 31.7 Å². The summed E-state index contributed by atoms with van der Waals surface area (Å²) in [6.45, 7) is 0. The van der Waals surface area contributed by atoms with Crippen LogP contribution < -0.4 is 25.0 Å². The number of nitrogens with one attached hydrogen (secondary N) is 2. The lowest BCUT2D eigenvalue weighted by Crippen LogP contribution is -2.41. The number of aromatic hydroxyl groups is 1. The van der Waals surface area contributed by atoms with E-state index in [0.29, 0.717) is 17.5 Å². The molecule has 9 nitrogen and oxygen atoms in total. The number of rotatable bonds is 8. The van der Waals surface area contributed by atoms with Crippen LogP contribution in [0.1, 0.15) is 55.3 Å². The number of phenols is 1. The average molecular weight is 484 g/mol. The molecule has 2 aliphatic rings. The zero-order valence-electron chi connectivity index (χ0n) is 21.2. The normalized spacial score (nSPS) is 19.4. The molecule has 2 aromatic rings. The molecule has 0 radical (unpaired) electrons. The minimum absolute atomic E-state index is 0.0511. The molecule has 2 aliphatic carbocycles. The standard InChI is InChI=1S/C26H37N5O4/c1-31(2)25-19-7-5-6-8-20(19)29-26(30-25)28-18-11-9-17(10-12-18)27-23(32)15-16-13-21(34-3)24(33)22(14-16)35-4/h13-14,17-18,33H,5-12,15H2,1-4H3,(H,27,32)(H,28,29,30)/t17-,18+. The molecule has 1 saturated carbocycles. The highest BCUT2D eigenvalue weighted by Gasteiger charge is 2.25. The van der Waals surface area contributed by atoms with Crippen LogP contribution in [0.2, 0.25) is 0 Å². The monoisotopic (exact) mass is 483 g/mol. The summed E-state index contributed by atoms with van der Waals surface area (Å²) in [5.41, 5.74) is 3.20. The summed E-state index contributed by atoms with van der Waals surface area (Å²) in [6, 6.07) is 3.77. The summed E-state index contributed by atoms with van der Waals surface area (Å²) in [5.74, 6) is 2.22. The number of amides is 1. The number of methoxy groups -OCH3 is 2. The van der Waals surface area contributed by atoms with Gasteiger partial charge in [-0.15, -0.1) is 0 Å². The summed E-state index contributed by atoms with van der Waals surface area (Å²) in [7, 11) is 7.03. The first-order chi connectivity index (χ1) is 16.9. The molecular weight excluding hydrogens is 446 g/mol. The van der Waals surface area contributed by atoms with Gasteiger partial charge in [0.1, 0.15) is 5.82 Å². The number of fused-ring (bicyclic) bond motifs is 1. The van der Waals surface area contributed by atoms with Crippen LogP contribution in [-0.4, -0.2) is 61.4 Å². The molecule has 35 heavy (non-hydrogen) atoms.